The van der Waals surface area contributed by atoms with Crippen LogP contribution in [0.25, 0.3) is 11.5 Å². The van der Waals surface area contributed by atoms with Crippen LogP contribution in [0, 0.1) is 5.82 Å². The van der Waals surface area contributed by atoms with Crippen LogP contribution in [-0.2, 0) is 16.1 Å². The number of benzene rings is 1. The molecule has 1 fully saturated rings. The topological polar surface area (TPSA) is 77.2 Å². The number of nitrogens with zero attached hydrogens (tertiary/aromatic N) is 2. The Morgan fingerprint density at radius 3 is 2.91 bits per heavy atom. The molecular formula is C15H16FN3O3. The van der Waals surface area contributed by atoms with Crippen molar-refractivity contribution in [2.75, 3.05) is 7.11 Å². The Hall–Kier alpha value is -2.28. The van der Waals surface area contributed by atoms with Gasteiger partial charge in [-0.05, 0) is 37.5 Å². The number of halogens is 1. The van der Waals surface area contributed by atoms with Crippen LogP contribution in [0.4, 0.5) is 4.39 Å². The van der Waals surface area contributed by atoms with Crippen LogP contribution in [0.15, 0.2) is 28.7 Å². The van der Waals surface area contributed by atoms with E-state index in [4.69, 9.17) is 9.15 Å². The molecule has 0 amide bonds. The first-order valence-corrected chi connectivity index (χ1v) is 7.05. The van der Waals surface area contributed by atoms with Crippen molar-refractivity contribution in [2.24, 2.45) is 0 Å². The summed E-state index contributed by atoms with van der Waals surface area (Å²) >= 11 is 0. The lowest BCUT2D eigenvalue weighted by Gasteiger charge is -2.39. The van der Waals surface area contributed by atoms with E-state index < -0.39 is 5.54 Å². The first kappa shape index (κ1) is 14.6. The molecular weight excluding hydrogens is 289 g/mol. The van der Waals surface area contributed by atoms with Gasteiger partial charge >= 0.3 is 5.97 Å². The predicted molar refractivity (Wildman–Crippen MR) is 75.1 cm³/mol. The number of esters is 1. The summed E-state index contributed by atoms with van der Waals surface area (Å²) in [6.45, 7) is 0.261. The zero-order valence-electron chi connectivity index (χ0n) is 12.1. The summed E-state index contributed by atoms with van der Waals surface area (Å²) < 4.78 is 23.5. The van der Waals surface area contributed by atoms with Gasteiger partial charge in [0.25, 0.3) is 0 Å². The van der Waals surface area contributed by atoms with Gasteiger partial charge < -0.3 is 9.15 Å². The molecule has 6 nitrogen and oxygen atoms in total. The molecule has 116 valence electrons. The molecule has 1 heterocycles. The van der Waals surface area contributed by atoms with Gasteiger partial charge in [-0.1, -0.05) is 6.07 Å². The maximum absolute atomic E-state index is 13.2. The van der Waals surface area contributed by atoms with E-state index in [0.29, 0.717) is 11.5 Å². The van der Waals surface area contributed by atoms with E-state index in [-0.39, 0.29) is 24.2 Å². The second kappa shape index (κ2) is 5.84. The van der Waals surface area contributed by atoms with Crippen molar-refractivity contribution < 1.29 is 18.3 Å². The highest BCUT2D eigenvalue weighted by Gasteiger charge is 2.45. The van der Waals surface area contributed by atoms with Crippen LogP contribution in [0.5, 0.6) is 0 Å². The number of hydrogen-bond acceptors (Lipinski definition) is 6. The number of aromatic nitrogens is 2. The highest BCUT2D eigenvalue weighted by Crippen LogP contribution is 2.33. The maximum atomic E-state index is 13.2. The minimum Gasteiger partial charge on any atom is -0.468 e. The zero-order chi connectivity index (χ0) is 15.6. The predicted octanol–water partition coefficient (Wildman–Crippen LogP) is 2.06. The molecule has 0 bridgehead atoms. The third-order valence-electron chi connectivity index (χ3n) is 3.90. The number of methoxy groups -OCH3 is 1. The van der Waals surface area contributed by atoms with Crippen LogP contribution >= 0.6 is 0 Å². The van der Waals surface area contributed by atoms with Crippen molar-refractivity contribution in [3.05, 3.63) is 36.0 Å². The van der Waals surface area contributed by atoms with Gasteiger partial charge in [0.2, 0.25) is 11.8 Å². The van der Waals surface area contributed by atoms with Gasteiger partial charge in [-0.15, -0.1) is 10.2 Å². The van der Waals surface area contributed by atoms with Gasteiger partial charge in [-0.3, -0.25) is 10.1 Å². The molecule has 7 heteroatoms. The van der Waals surface area contributed by atoms with Crippen molar-refractivity contribution >= 4 is 5.97 Å². The van der Waals surface area contributed by atoms with E-state index in [9.17, 15) is 9.18 Å². The fraction of sp³-hybridized carbons (Fsp3) is 0.400. The van der Waals surface area contributed by atoms with E-state index in [2.05, 4.69) is 15.5 Å². The van der Waals surface area contributed by atoms with Gasteiger partial charge in [0.15, 0.2) is 0 Å². The Bertz CT molecular complexity index is 682. The molecule has 0 atom stereocenters. The summed E-state index contributed by atoms with van der Waals surface area (Å²) in [6, 6.07) is 5.94. The van der Waals surface area contributed by atoms with Gasteiger partial charge in [0.05, 0.1) is 13.7 Å². The minimum absolute atomic E-state index is 0.247. The largest absolute Gasteiger partial charge is 0.468 e. The summed E-state index contributed by atoms with van der Waals surface area (Å²) in [5, 5.41) is 10.9. The molecule has 1 N–H and O–H groups in total. The Morgan fingerprint density at radius 2 is 2.27 bits per heavy atom. The molecule has 0 unspecified atom stereocenters. The molecule has 0 spiro atoms. The number of ether oxygens (including phenoxy) is 1. The monoisotopic (exact) mass is 305 g/mol. The molecule has 1 aromatic carbocycles. The number of carbonyl (C=O) groups is 1. The number of nitrogens with one attached hydrogen (secondary N) is 1. The first-order valence-electron chi connectivity index (χ1n) is 7.05. The normalized spacial score (nSPS) is 16.1. The molecule has 1 aliphatic carbocycles. The quantitative estimate of drug-likeness (QED) is 0.852. The standard InChI is InChI=1S/C15H16FN3O3/c1-21-14(20)15(6-3-7-15)17-9-12-18-19-13(22-12)10-4-2-5-11(16)8-10/h2,4-5,8,17H,3,6-7,9H2,1H3. The van der Waals surface area contributed by atoms with Gasteiger partial charge in [0.1, 0.15) is 11.4 Å². The highest BCUT2D eigenvalue weighted by atomic mass is 19.1. The van der Waals surface area contributed by atoms with E-state index in [1.807, 2.05) is 0 Å². The van der Waals surface area contributed by atoms with Crippen LogP contribution in [0.3, 0.4) is 0 Å². The molecule has 0 saturated heterocycles. The fourth-order valence-electron chi connectivity index (χ4n) is 2.49. The minimum atomic E-state index is -0.651. The van der Waals surface area contributed by atoms with E-state index >= 15 is 0 Å². The number of carbonyl (C=O) groups excluding carboxylic acids is 1. The molecule has 3 rings (SSSR count). The third kappa shape index (κ3) is 2.71. The molecule has 2 aromatic rings. The Labute approximate surface area is 126 Å². The molecule has 1 aromatic heterocycles. The molecule has 1 saturated carbocycles. The van der Waals surface area contributed by atoms with Crippen molar-refractivity contribution in [3.8, 4) is 11.5 Å². The SMILES string of the molecule is COC(=O)C1(NCc2nnc(-c3cccc(F)c3)o2)CCC1. The smallest absolute Gasteiger partial charge is 0.326 e. The van der Waals surface area contributed by atoms with Crippen molar-refractivity contribution in [1.82, 2.24) is 15.5 Å². The molecule has 1 aliphatic rings. The maximum Gasteiger partial charge on any atom is 0.326 e. The third-order valence-corrected chi connectivity index (χ3v) is 3.90. The van der Waals surface area contributed by atoms with E-state index in [1.165, 1.54) is 19.2 Å². The summed E-state index contributed by atoms with van der Waals surface area (Å²) in [4.78, 5) is 11.8. The van der Waals surface area contributed by atoms with Crippen LogP contribution < -0.4 is 5.32 Å². The Kier molecular flexibility index (Phi) is 3.89. The number of rotatable bonds is 5. The summed E-state index contributed by atoms with van der Waals surface area (Å²) in [5.41, 5.74) is -0.132. The lowest BCUT2D eigenvalue weighted by atomic mass is 9.77. The van der Waals surface area contributed by atoms with Gasteiger partial charge in [0, 0.05) is 5.56 Å². The fourth-order valence-corrected chi connectivity index (χ4v) is 2.49. The summed E-state index contributed by atoms with van der Waals surface area (Å²) in [5.74, 6) is -0.0513. The van der Waals surface area contributed by atoms with E-state index in [1.54, 1.807) is 12.1 Å². The second-order valence-corrected chi connectivity index (χ2v) is 5.29. The van der Waals surface area contributed by atoms with Crippen molar-refractivity contribution in [3.63, 3.8) is 0 Å². The Morgan fingerprint density at radius 1 is 1.45 bits per heavy atom. The molecule has 0 radical (unpaired) electrons. The summed E-state index contributed by atoms with van der Waals surface area (Å²) in [7, 11) is 1.37. The average molecular weight is 305 g/mol. The highest BCUT2D eigenvalue weighted by molar-refractivity contribution is 5.81. The van der Waals surface area contributed by atoms with Gasteiger partial charge in [-0.2, -0.15) is 0 Å². The van der Waals surface area contributed by atoms with E-state index in [0.717, 1.165) is 19.3 Å². The second-order valence-electron chi connectivity index (χ2n) is 5.29. The zero-order valence-corrected chi connectivity index (χ0v) is 12.1. The van der Waals surface area contributed by atoms with Crippen molar-refractivity contribution in [1.29, 1.82) is 0 Å². The van der Waals surface area contributed by atoms with Crippen LogP contribution in [0.1, 0.15) is 25.2 Å². The lowest BCUT2D eigenvalue weighted by molar-refractivity contribution is -0.152. The molecule has 0 aliphatic heterocycles. The first-order chi connectivity index (χ1) is 10.6. The van der Waals surface area contributed by atoms with Crippen LogP contribution in [-0.4, -0.2) is 28.8 Å². The average Bonchev–Trinajstić information content (AvgIpc) is 2.95. The molecule has 22 heavy (non-hydrogen) atoms. The number of hydrogen-bond donors (Lipinski definition) is 1. The lowest BCUT2D eigenvalue weighted by Crippen LogP contribution is -2.57. The summed E-state index contributed by atoms with van der Waals surface area (Å²) in [6.07, 6.45) is 2.43. The van der Waals surface area contributed by atoms with Crippen LogP contribution in [0.2, 0.25) is 0 Å². The van der Waals surface area contributed by atoms with Crippen molar-refractivity contribution in [2.45, 2.75) is 31.3 Å². The van der Waals surface area contributed by atoms with Gasteiger partial charge in [-0.25, -0.2) is 4.39 Å². The Balaban J connectivity index is 1.68.